The van der Waals surface area contributed by atoms with Crippen molar-refractivity contribution in [2.24, 2.45) is 0 Å². The summed E-state index contributed by atoms with van der Waals surface area (Å²) in [7, 11) is 0. The third-order valence-electron chi connectivity index (χ3n) is 6.31. The lowest BCUT2D eigenvalue weighted by Gasteiger charge is -2.14. The van der Waals surface area contributed by atoms with E-state index in [0.717, 1.165) is 42.9 Å². The fraction of sp³-hybridized carbons (Fsp3) is 0.320. The smallest absolute Gasteiger partial charge is 0.263 e. The third kappa shape index (κ3) is 4.05. The number of halogens is 1. The van der Waals surface area contributed by atoms with Gasteiger partial charge in [0.15, 0.2) is 5.78 Å². The van der Waals surface area contributed by atoms with Gasteiger partial charge in [-0.05, 0) is 50.5 Å². The highest BCUT2D eigenvalue weighted by Crippen LogP contribution is 2.30. The normalized spacial score (nSPS) is 16.0. The summed E-state index contributed by atoms with van der Waals surface area (Å²) < 4.78 is 22.6. The average Bonchev–Trinajstić information content (AvgIpc) is 3.53. The molecule has 8 heteroatoms. The van der Waals surface area contributed by atoms with Crippen LogP contribution in [0.5, 0.6) is 0 Å². The molecule has 33 heavy (non-hydrogen) atoms. The number of nitrogens with zero attached hydrogens (tertiary/aromatic N) is 3. The van der Waals surface area contributed by atoms with Crippen LogP contribution in [0.1, 0.15) is 34.6 Å². The number of aromatic nitrogens is 3. The van der Waals surface area contributed by atoms with Crippen molar-refractivity contribution in [1.29, 1.82) is 0 Å². The maximum absolute atomic E-state index is 13.3. The standard InChI is InChI=1S/C25H24FN3O3S/c1-15-10-20(16(2)29(15)11-19-4-3-9-32-19)22(30)12-28-14-27-24-23(25(28)31)21(13-33-24)17-5-7-18(26)8-6-17/h5-8,10,13-14,19H,3-4,9,11-12H2,1-2H3. The van der Waals surface area contributed by atoms with E-state index in [4.69, 9.17) is 4.74 Å². The zero-order valence-electron chi connectivity index (χ0n) is 18.5. The van der Waals surface area contributed by atoms with Crippen molar-refractivity contribution >= 4 is 27.3 Å². The van der Waals surface area contributed by atoms with Crippen LogP contribution in [0.4, 0.5) is 4.39 Å². The zero-order valence-corrected chi connectivity index (χ0v) is 19.3. The predicted molar refractivity (Wildman–Crippen MR) is 126 cm³/mol. The van der Waals surface area contributed by atoms with Crippen LogP contribution in [0.25, 0.3) is 21.3 Å². The molecule has 1 saturated heterocycles. The van der Waals surface area contributed by atoms with E-state index in [1.807, 2.05) is 25.3 Å². The van der Waals surface area contributed by atoms with Gasteiger partial charge in [0.25, 0.3) is 5.56 Å². The molecule has 0 radical (unpaired) electrons. The lowest BCUT2D eigenvalue weighted by Crippen LogP contribution is -2.25. The zero-order chi connectivity index (χ0) is 23.1. The highest BCUT2D eigenvalue weighted by atomic mass is 32.1. The molecule has 4 heterocycles. The number of ether oxygens (including phenoxy) is 1. The van der Waals surface area contributed by atoms with Gasteiger partial charge >= 0.3 is 0 Å². The number of hydrogen-bond donors (Lipinski definition) is 0. The van der Waals surface area contributed by atoms with Crippen molar-refractivity contribution in [3.8, 4) is 11.1 Å². The van der Waals surface area contributed by atoms with Gasteiger partial charge in [0.2, 0.25) is 0 Å². The topological polar surface area (TPSA) is 66.1 Å². The summed E-state index contributed by atoms with van der Waals surface area (Å²) in [6, 6.07) is 7.90. The van der Waals surface area contributed by atoms with Gasteiger partial charge in [0.1, 0.15) is 10.6 Å². The maximum atomic E-state index is 13.3. The number of Topliss-reactive ketones (excluding diaryl/α,β-unsaturated/α-hetero) is 1. The number of carbonyl (C=O) groups is 1. The molecule has 0 amide bonds. The number of rotatable bonds is 6. The molecule has 3 aromatic heterocycles. The molecule has 5 rings (SSSR count). The monoisotopic (exact) mass is 465 g/mol. The summed E-state index contributed by atoms with van der Waals surface area (Å²) in [6.07, 6.45) is 3.70. The Kier molecular flexibility index (Phi) is 5.72. The van der Waals surface area contributed by atoms with Gasteiger partial charge in [-0.3, -0.25) is 14.2 Å². The molecule has 0 spiro atoms. The first-order valence-corrected chi connectivity index (χ1v) is 11.8. The molecule has 4 aromatic rings. The fourth-order valence-electron chi connectivity index (χ4n) is 4.52. The van der Waals surface area contributed by atoms with Gasteiger partial charge in [-0.2, -0.15) is 0 Å². The van der Waals surface area contributed by atoms with Crippen LogP contribution < -0.4 is 5.56 Å². The lowest BCUT2D eigenvalue weighted by molar-refractivity contribution is 0.0948. The van der Waals surface area contributed by atoms with Crippen LogP contribution in [0.15, 0.2) is 46.8 Å². The molecule has 1 aliphatic heterocycles. The number of hydrogen-bond acceptors (Lipinski definition) is 5. The Morgan fingerprint density at radius 1 is 1.27 bits per heavy atom. The predicted octanol–water partition coefficient (Wildman–Crippen LogP) is 4.74. The molecule has 0 aliphatic carbocycles. The Hall–Kier alpha value is -3.10. The van der Waals surface area contributed by atoms with E-state index in [1.54, 1.807) is 12.1 Å². The molecule has 0 bridgehead atoms. The van der Waals surface area contributed by atoms with Crippen LogP contribution >= 0.6 is 11.3 Å². The average molecular weight is 466 g/mol. The summed E-state index contributed by atoms with van der Waals surface area (Å²) in [5, 5.41) is 2.29. The van der Waals surface area contributed by atoms with Crippen LogP contribution in [-0.4, -0.2) is 32.6 Å². The van der Waals surface area contributed by atoms with E-state index < -0.39 is 0 Å². The van der Waals surface area contributed by atoms with E-state index in [0.29, 0.717) is 21.3 Å². The Balaban J connectivity index is 1.45. The van der Waals surface area contributed by atoms with Gasteiger partial charge in [-0.25, -0.2) is 9.37 Å². The number of ketones is 1. The molecule has 1 aliphatic rings. The fourth-order valence-corrected chi connectivity index (χ4v) is 5.42. The quantitative estimate of drug-likeness (QED) is 0.386. The minimum atomic E-state index is -0.337. The molecular weight excluding hydrogens is 441 g/mol. The number of benzene rings is 1. The van der Waals surface area contributed by atoms with Crippen LogP contribution in [-0.2, 0) is 17.8 Å². The number of thiophene rings is 1. The molecule has 1 aromatic carbocycles. The summed E-state index contributed by atoms with van der Waals surface area (Å²) in [6.45, 7) is 5.35. The Labute approximate surface area is 194 Å². The minimum Gasteiger partial charge on any atom is -0.376 e. The first kappa shape index (κ1) is 21.7. The summed E-state index contributed by atoms with van der Waals surface area (Å²) in [5.74, 6) is -0.472. The molecule has 0 N–H and O–H groups in total. The molecule has 6 nitrogen and oxygen atoms in total. The lowest BCUT2D eigenvalue weighted by atomic mass is 10.1. The summed E-state index contributed by atoms with van der Waals surface area (Å²) in [4.78, 5) is 31.5. The van der Waals surface area contributed by atoms with Gasteiger partial charge in [-0.15, -0.1) is 11.3 Å². The van der Waals surface area contributed by atoms with Crippen molar-refractivity contribution in [3.63, 3.8) is 0 Å². The van der Waals surface area contributed by atoms with Crippen LogP contribution in [0.2, 0.25) is 0 Å². The van der Waals surface area contributed by atoms with Crippen molar-refractivity contribution in [2.45, 2.75) is 45.9 Å². The van der Waals surface area contributed by atoms with Crippen molar-refractivity contribution < 1.29 is 13.9 Å². The van der Waals surface area contributed by atoms with Gasteiger partial charge < -0.3 is 9.30 Å². The molecule has 170 valence electrons. The van der Waals surface area contributed by atoms with E-state index in [1.165, 1.54) is 34.4 Å². The van der Waals surface area contributed by atoms with Crippen molar-refractivity contribution in [3.05, 3.63) is 75.2 Å². The SMILES string of the molecule is Cc1cc(C(=O)Cn2cnc3scc(-c4ccc(F)cc4)c3c2=O)c(C)n1CC1CCCO1. The first-order chi connectivity index (χ1) is 15.9. The number of aryl methyl sites for hydroxylation is 1. The van der Waals surface area contributed by atoms with E-state index in [9.17, 15) is 14.0 Å². The Morgan fingerprint density at radius 2 is 2.06 bits per heavy atom. The largest absolute Gasteiger partial charge is 0.376 e. The number of fused-ring (bicyclic) bond motifs is 1. The van der Waals surface area contributed by atoms with E-state index in [2.05, 4.69) is 9.55 Å². The molecule has 0 saturated carbocycles. The first-order valence-electron chi connectivity index (χ1n) is 11.0. The minimum absolute atomic E-state index is 0.0926. The van der Waals surface area contributed by atoms with Crippen LogP contribution in [0.3, 0.4) is 0 Å². The van der Waals surface area contributed by atoms with Crippen LogP contribution in [0, 0.1) is 19.7 Å². The maximum Gasteiger partial charge on any atom is 0.263 e. The highest BCUT2D eigenvalue weighted by molar-refractivity contribution is 7.17. The second-order valence-electron chi connectivity index (χ2n) is 8.47. The second-order valence-corrected chi connectivity index (χ2v) is 9.33. The molecule has 1 fully saturated rings. The molecular formula is C25H24FN3O3S. The third-order valence-corrected chi connectivity index (χ3v) is 7.20. The Bertz CT molecular complexity index is 1400. The number of carbonyl (C=O) groups excluding carboxylic acids is 1. The van der Waals surface area contributed by atoms with E-state index >= 15 is 0 Å². The van der Waals surface area contributed by atoms with Gasteiger partial charge in [-0.1, -0.05) is 12.1 Å². The Morgan fingerprint density at radius 3 is 2.79 bits per heavy atom. The molecule has 1 atom stereocenters. The summed E-state index contributed by atoms with van der Waals surface area (Å²) >= 11 is 1.36. The van der Waals surface area contributed by atoms with Crippen molar-refractivity contribution in [2.75, 3.05) is 6.61 Å². The van der Waals surface area contributed by atoms with E-state index in [-0.39, 0.29) is 29.8 Å². The summed E-state index contributed by atoms with van der Waals surface area (Å²) in [5.41, 5.74) is 3.66. The van der Waals surface area contributed by atoms with Gasteiger partial charge in [0.05, 0.1) is 24.4 Å². The molecule has 1 unspecified atom stereocenters. The highest BCUT2D eigenvalue weighted by Gasteiger charge is 2.22. The second kappa shape index (κ2) is 8.68. The van der Waals surface area contributed by atoms with Gasteiger partial charge in [0, 0.05) is 41.0 Å². The van der Waals surface area contributed by atoms with Crippen molar-refractivity contribution in [1.82, 2.24) is 14.1 Å².